The lowest BCUT2D eigenvalue weighted by Crippen LogP contribution is -2.10. The van der Waals surface area contributed by atoms with Gasteiger partial charge in [0.1, 0.15) is 0 Å². The van der Waals surface area contributed by atoms with Crippen LogP contribution in [0, 0.1) is 0 Å². The highest BCUT2D eigenvalue weighted by Gasteiger charge is 2.06. The van der Waals surface area contributed by atoms with Crippen LogP contribution in [-0.2, 0) is 19.1 Å². The van der Waals surface area contributed by atoms with Gasteiger partial charge < -0.3 is 10.5 Å². The molecule has 0 saturated carbocycles. The molecule has 0 radical (unpaired) electrons. The maximum atomic E-state index is 10.5. The van der Waals surface area contributed by atoms with E-state index in [-0.39, 0.29) is 5.57 Å². The van der Waals surface area contributed by atoms with Crippen LogP contribution in [0.5, 0.6) is 0 Å². The number of hydrogen-bond donors (Lipinski definition) is 1. The van der Waals surface area contributed by atoms with Gasteiger partial charge in [-0.15, -0.1) is 0 Å². The lowest BCUT2D eigenvalue weighted by Gasteiger charge is -1.95. The summed E-state index contributed by atoms with van der Waals surface area (Å²) >= 11 is 0. The molecule has 0 aromatic heterocycles. The molecular weight excluding hydrogens is 210 g/mol. The molecule has 0 atom stereocenters. The molecular formula is C11H15NO4. The third-order valence-corrected chi connectivity index (χ3v) is 1.13. The Morgan fingerprint density at radius 3 is 1.69 bits per heavy atom. The van der Waals surface area contributed by atoms with E-state index in [4.69, 9.17) is 5.73 Å². The molecule has 88 valence electrons. The summed E-state index contributed by atoms with van der Waals surface area (Å²) in [6, 6.07) is 0. The highest BCUT2D eigenvalue weighted by atomic mass is 16.6. The molecule has 0 aromatic rings. The molecule has 0 saturated heterocycles. The zero-order valence-electron chi connectivity index (χ0n) is 9.41. The fraction of sp³-hybridized carbons (Fsp3) is 0.182. The predicted octanol–water partition coefficient (Wildman–Crippen LogP) is 0.866. The number of rotatable bonds is 3. The van der Waals surface area contributed by atoms with Crippen molar-refractivity contribution in [2.24, 2.45) is 5.73 Å². The van der Waals surface area contributed by atoms with Gasteiger partial charge >= 0.3 is 11.9 Å². The number of carbonyl (C=O) groups is 3. The van der Waals surface area contributed by atoms with Crippen LogP contribution in [0.2, 0.25) is 0 Å². The Hall–Kier alpha value is -2.17. The topological polar surface area (TPSA) is 86.5 Å². The number of primary amides is 1. The van der Waals surface area contributed by atoms with E-state index < -0.39 is 17.8 Å². The Bertz CT molecular complexity index is 330. The summed E-state index contributed by atoms with van der Waals surface area (Å²) in [5, 5.41) is 0. The zero-order chi connectivity index (χ0) is 13.3. The van der Waals surface area contributed by atoms with Crippen molar-refractivity contribution in [2.45, 2.75) is 13.8 Å². The molecule has 5 heteroatoms. The molecule has 0 heterocycles. The van der Waals surface area contributed by atoms with Crippen molar-refractivity contribution in [2.75, 3.05) is 0 Å². The molecule has 0 fully saturated rings. The number of nitrogens with two attached hydrogens (primary N) is 1. The number of ether oxygens (including phenoxy) is 1. The van der Waals surface area contributed by atoms with E-state index >= 15 is 0 Å². The zero-order valence-corrected chi connectivity index (χ0v) is 9.41. The van der Waals surface area contributed by atoms with Crippen molar-refractivity contribution in [1.82, 2.24) is 0 Å². The van der Waals surface area contributed by atoms with Crippen molar-refractivity contribution < 1.29 is 19.1 Å². The Morgan fingerprint density at radius 2 is 1.50 bits per heavy atom. The van der Waals surface area contributed by atoms with E-state index in [9.17, 15) is 14.4 Å². The second-order valence-corrected chi connectivity index (χ2v) is 2.84. The Morgan fingerprint density at radius 1 is 1.12 bits per heavy atom. The third kappa shape index (κ3) is 9.91. The first-order chi connectivity index (χ1) is 7.22. The van der Waals surface area contributed by atoms with Gasteiger partial charge in [-0.3, -0.25) is 4.79 Å². The average Bonchev–Trinajstić information content (AvgIpc) is 2.18. The second-order valence-electron chi connectivity index (χ2n) is 2.84. The minimum absolute atomic E-state index is 0.190. The molecule has 0 aliphatic heterocycles. The average molecular weight is 225 g/mol. The van der Waals surface area contributed by atoms with Crippen molar-refractivity contribution in [3.8, 4) is 0 Å². The van der Waals surface area contributed by atoms with Gasteiger partial charge in [0, 0.05) is 17.2 Å². The van der Waals surface area contributed by atoms with Gasteiger partial charge in [0.2, 0.25) is 5.91 Å². The van der Waals surface area contributed by atoms with Crippen LogP contribution in [0.4, 0.5) is 0 Å². The van der Waals surface area contributed by atoms with Gasteiger partial charge in [-0.05, 0) is 13.8 Å². The summed E-state index contributed by atoms with van der Waals surface area (Å²) in [6.07, 6.45) is 0.918. The maximum absolute atomic E-state index is 10.5. The lowest BCUT2D eigenvalue weighted by molar-refractivity contribution is -0.153. The summed E-state index contributed by atoms with van der Waals surface area (Å²) in [5.41, 5.74) is 5.28. The van der Waals surface area contributed by atoms with Gasteiger partial charge in [-0.1, -0.05) is 19.7 Å². The summed E-state index contributed by atoms with van der Waals surface area (Å²) in [4.78, 5) is 30.7. The largest absolute Gasteiger partial charge is 0.386 e. The predicted molar refractivity (Wildman–Crippen MR) is 60.1 cm³/mol. The third-order valence-electron chi connectivity index (χ3n) is 1.13. The molecule has 0 aliphatic rings. The van der Waals surface area contributed by atoms with E-state index in [0.29, 0.717) is 5.57 Å². The molecule has 1 amide bonds. The molecule has 0 bridgehead atoms. The molecule has 16 heavy (non-hydrogen) atoms. The first-order valence-corrected chi connectivity index (χ1v) is 4.21. The SMILES string of the molecule is C=C(C)C(N)=O.C=CC(=O)OC(=O)C(=C)C. The van der Waals surface area contributed by atoms with Crippen LogP contribution in [-0.4, -0.2) is 17.8 Å². The summed E-state index contributed by atoms with van der Waals surface area (Å²) < 4.78 is 4.17. The number of esters is 2. The molecule has 0 aromatic carbocycles. The molecule has 2 N–H and O–H groups in total. The van der Waals surface area contributed by atoms with E-state index in [0.717, 1.165) is 6.08 Å². The van der Waals surface area contributed by atoms with E-state index in [1.807, 2.05) is 0 Å². The van der Waals surface area contributed by atoms with Gasteiger partial charge in [0.05, 0.1) is 0 Å². The number of carbonyl (C=O) groups excluding carboxylic acids is 3. The van der Waals surface area contributed by atoms with Gasteiger partial charge in [-0.2, -0.15) is 0 Å². The smallest absolute Gasteiger partial charge is 0.340 e. The fourth-order valence-corrected chi connectivity index (χ4v) is 0.220. The first kappa shape index (κ1) is 16.3. The molecule has 0 rings (SSSR count). The fourth-order valence-electron chi connectivity index (χ4n) is 0.220. The van der Waals surface area contributed by atoms with Crippen LogP contribution < -0.4 is 5.73 Å². The monoisotopic (exact) mass is 225 g/mol. The molecule has 5 nitrogen and oxygen atoms in total. The van der Waals surface area contributed by atoms with Gasteiger partial charge in [0.25, 0.3) is 0 Å². The maximum Gasteiger partial charge on any atom is 0.340 e. The highest BCUT2D eigenvalue weighted by molar-refractivity contribution is 5.98. The van der Waals surface area contributed by atoms with Crippen molar-refractivity contribution >= 4 is 17.8 Å². The minimum Gasteiger partial charge on any atom is -0.386 e. The Labute approximate surface area is 94.3 Å². The Kier molecular flexibility index (Phi) is 8.30. The summed E-state index contributed by atoms with van der Waals surface area (Å²) in [6.45, 7) is 12.7. The normalized spacial score (nSPS) is 7.88. The van der Waals surface area contributed by atoms with Crippen molar-refractivity contribution in [3.63, 3.8) is 0 Å². The number of hydrogen-bond acceptors (Lipinski definition) is 4. The standard InChI is InChI=1S/C7H8O3.C4H7NO/c1-4-6(8)10-7(9)5(2)3;1-3(2)4(5)6/h4H,1-2H2,3H3;1H2,2H3,(H2,5,6). The Balaban J connectivity index is 0. The van der Waals surface area contributed by atoms with Crippen LogP contribution in [0.25, 0.3) is 0 Å². The van der Waals surface area contributed by atoms with Gasteiger partial charge in [-0.25, -0.2) is 9.59 Å². The van der Waals surface area contributed by atoms with Crippen LogP contribution in [0.15, 0.2) is 37.0 Å². The minimum atomic E-state index is -0.756. The van der Waals surface area contributed by atoms with Crippen LogP contribution in [0.3, 0.4) is 0 Å². The lowest BCUT2D eigenvalue weighted by atomic mass is 10.3. The molecule has 0 unspecified atom stereocenters. The van der Waals surface area contributed by atoms with Gasteiger partial charge in [0.15, 0.2) is 0 Å². The summed E-state index contributed by atoms with van der Waals surface area (Å²) in [7, 11) is 0. The quantitative estimate of drug-likeness (QED) is 0.438. The second kappa shape index (κ2) is 8.16. The van der Waals surface area contributed by atoms with E-state index in [2.05, 4.69) is 24.5 Å². The van der Waals surface area contributed by atoms with Crippen LogP contribution in [0.1, 0.15) is 13.8 Å². The highest BCUT2D eigenvalue weighted by Crippen LogP contribution is 1.92. The first-order valence-electron chi connectivity index (χ1n) is 4.21. The van der Waals surface area contributed by atoms with Crippen molar-refractivity contribution in [1.29, 1.82) is 0 Å². The molecule has 0 aliphatic carbocycles. The van der Waals surface area contributed by atoms with Crippen LogP contribution >= 0.6 is 0 Å². The molecule has 0 spiro atoms. The van der Waals surface area contributed by atoms with E-state index in [1.54, 1.807) is 6.92 Å². The summed E-state index contributed by atoms with van der Waals surface area (Å²) in [5.74, 6) is -1.91. The van der Waals surface area contributed by atoms with E-state index in [1.165, 1.54) is 6.92 Å². The number of amides is 1. The van der Waals surface area contributed by atoms with Crippen molar-refractivity contribution in [3.05, 3.63) is 37.0 Å².